The largest absolute Gasteiger partial charge is 0.479 e. The fraction of sp³-hybridized carbons (Fsp3) is 0.939. The number of ether oxygens (including phenoxy) is 8. The SMILES string of the molecule is CC[C@H]1OC(=O)[C@H](C)[C@@H](O[C@H]2C[C@@](C)(OC)[C@@H](O)[C@H](C)O2)[C@H](C)[C@@H](O[C@@H]2O[C@H](C)C[C@H](N(C)C)[C@H]2O)C(C)(O)C[C@@H](C)C(=O)[C@H](C)[C@@H](O)[C@]1(C)O.O=C(O)C(O)C(O)C(O[C@@H]1O[C@H](CO)[C@H](O)[C@H](O)C1O)C(O)CO. The summed E-state index contributed by atoms with van der Waals surface area (Å²) in [6.07, 6.45) is -26.6. The van der Waals surface area contributed by atoms with Gasteiger partial charge in [0, 0.05) is 37.3 Å². The highest BCUT2D eigenvalue weighted by molar-refractivity contribution is 5.83. The quantitative estimate of drug-likeness (QED) is 0.0698. The molecule has 14 N–H and O–H groups in total. The molecule has 0 aromatic heterocycles. The molecular formula is C49H89NO25. The number of aliphatic hydroxyl groups is 13. The van der Waals surface area contributed by atoms with Gasteiger partial charge < -0.3 is 114 Å². The number of likely N-dealkylation sites (N-methyl/N-ethyl adjacent to an activating group) is 1. The maximum absolute atomic E-state index is 14.1. The molecule has 440 valence electrons. The van der Waals surface area contributed by atoms with Crippen molar-refractivity contribution in [2.75, 3.05) is 34.4 Å². The fourth-order valence-corrected chi connectivity index (χ4v) is 10.6. The Kier molecular flexibility index (Phi) is 24.8. The third-order valence-corrected chi connectivity index (χ3v) is 15.4. The van der Waals surface area contributed by atoms with E-state index < -0.39 is 182 Å². The molecule has 4 fully saturated rings. The number of methoxy groups -OCH3 is 1. The number of carbonyl (C=O) groups excluding carboxylic acids is 2. The highest BCUT2D eigenvalue weighted by Gasteiger charge is 2.54. The van der Waals surface area contributed by atoms with E-state index in [0.717, 1.165) is 0 Å². The van der Waals surface area contributed by atoms with Crippen LogP contribution in [0.5, 0.6) is 0 Å². The van der Waals surface area contributed by atoms with Crippen molar-refractivity contribution in [1.29, 1.82) is 0 Å². The molecule has 0 spiro atoms. The molecule has 0 aliphatic carbocycles. The van der Waals surface area contributed by atoms with Crippen LogP contribution in [0.25, 0.3) is 0 Å². The van der Waals surface area contributed by atoms with Crippen molar-refractivity contribution in [3.05, 3.63) is 0 Å². The Balaban J connectivity index is 0.000000516. The monoisotopic (exact) mass is 1090 g/mol. The molecule has 0 bridgehead atoms. The smallest absolute Gasteiger partial charge is 0.335 e. The molecule has 4 aliphatic rings. The molecule has 0 aromatic rings. The number of esters is 1. The molecule has 0 aromatic carbocycles. The van der Waals surface area contributed by atoms with Gasteiger partial charge in [-0.3, -0.25) is 9.59 Å². The molecule has 0 amide bonds. The number of nitrogens with zero attached hydrogens (tertiary/aromatic N) is 1. The van der Waals surface area contributed by atoms with Crippen molar-refractivity contribution in [2.24, 2.45) is 23.7 Å². The average Bonchev–Trinajstić information content (AvgIpc) is 3.35. The van der Waals surface area contributed by atoms with E-state index in [1.807, 2.05) is 25.9 Å². The van der Waals surface area contributed by atoms with Gasteiger partial charge in [-0.15, -0.1) is 0 Å². The second kappa shape index (κ2) is 27.8. The lowest BCUT2D eigenvalue weighted by molar-refractivity contribution is -0.326. The Morgan fingerprint density at radius 2 is 1.40 bits per heavy atom. The normalized spacial score (nSPS) is 45.3. The fourth-order valence-electron chi connectivity index (χ4n) is 10.6. The summed E-state index contributed by atoms with van der Waals surface area (Å²) in [6, 6.07) is -0.324. The number of carbonyl (C=O) groups is 3. The number of ketones is 1. The Morgan fingerprint density at radius 1 is 0.800 bits per heavy atom. The highest BCUT2D eigenvalue weighted by Crippen LogP contribution is 2.41. The molecule has 4 heterocycles. The van der Waals surface area contributed by atoms with Crippen LogP contribution in [0, 0.1) is 23.7 Å². The highest BCUT2D eigenvalue weighted by atomic mass is 16.7. The molecule has 6 unspecified atom stereocenters. The molecule has 4 aliphatic heterocycles. The van der Waals surface area contributed by atoms with Crippen LogP contribution in [0.1, 0.15) is 94.9 Å². The van der Waals surface area contributed by atoms with Crippen LogP contribution in [0.2, 0.25) is 0 Å². The minimum Gasteiger partial charge on any atom is -0.479 e. The zero-order valence-electron chi connectivity index (χ0n) is 45.3. The number of aliphatic carboxylic acids is 1. The van der Waals surface area contributed by atoms with Gasteiger partial charge in [0.15, 0.2) is 25.0 Å². The van der Waals surface area contributed by atoms with Gasteiger partial charge in [0.2, 0.25) is 0 Å². The standard InChI is InChI=1S/C37H67NO13.C12H22O12/c1-14-25-37(10,45)30(41)20(4)27(39)18(2)16-35(8,44)32(51-34-28(40)24(38(11)12)15-19(3)47-34)21(5)29(22(6)33(43)49-25)50-26-17-36(9,46-13)31(42)23(7)48-26;13-1-3(15)10(7(18)8(19)11(21)22)24-12-9(20)6(17)5(16)4(2-14)23-12/h18-26,28-32,34,40-42,44-45H,14-17H2,1-13H3;3-10,12-20H,1-2H2,(H,21,22)/t18-,19-,20+,21+,22-,23+,24+,25-,26+,28-,29+,30-,31+,32-,34+,35?,36-,37-;3?,4-,5+,6+,7?,8?,9?,10?,12+/m11/s1. The summed E-state index contributed by atoms with van der Waals surface area (Å²) in [5.41, 5.74) is -4.84. The lowest BCUT2D eigenvalue weighted by atomic mass is 9.74. The summed E-state index contributed by atoms with van der Waals surface area (Å²) < 4.78 is 47.0. The predicted octanol–water partition coefficient (Wildman–Crippen LogP) is -3.88. The second-order valence-electron chi connectivity index (χ2n) is 21.8. The number of cyclic esters (lactones) is 1. The molecule has 26 heteroatoms. The summed E-state index contributed by atoms with van der Waals surface area (Å²) >= 11 is 0. The molecule has 0 radical (unpaired) electrons. The lowest BCUT2D eigenvalue weighted by Crippen LogP contribution is -2.61. The summed E-state index contributed by atoms with van der Waals surface area (Å²) in [7, 11) is 5.18. The minimum absolute atomic E-state index is 0.0936. The number of hydrogen-bond donors (Lipinski definition) is 14. The minimum atomic E-state index is -2.39. The van der Waals surface area contributed by atoms with Crippen LogP contribution < -0.4 is 0 Å². The van der Waals surface area contributed by atoms with Crippen LogP contribution in [-0.4, -0.2) is 268 Å². The summed E-state index contributed by atoms with van der Waals surface area (Å²) in [5, 5.41) is 142. The van der Waals surface area contributed by atoms with Gasteiger partial charge in [-0.2, -0.15) is 0 Å². The van der Waals surface area contributed by atoms with Gasteiger partial charge in [-0.1, -0.05) is 27.7 Å². The van der Waals surface area contributed by atoms with Crippen LogP contribution in [0.3, 0.4) is 0 Å². The van der Waals surface area contributed by atoms with Crippen molar-refractivity contribution in [3.63, 3.8) is 0 Å². The molecule has 4 rings (SSSR count). The third kappa shape index (κ3) is 15.8. The molecule has 27 atom stereocenters. The van der Waals surface area contributed by atoms with E-state index in [0.29, 0.717) is 6.42 Å². The van der Waals surface area contributed by atoms with E-state index in [-0.39, 0.29) is 31.4 Å². The van der Waals surface area contributed by atoms with Gasteiger partial charge in [-0.05, 0) is 74.9 Å². The van der Waals surface area contributed by atoms with E-state index in [4.69, 9.17) is 53.2 Å². The third-order valence-electron chi connectivity index (χ3n) is 15.4. The molecule has 0 saturated carbocycles. The van der Waals surface area contributed by atoms with Gasteiger partial charge in [-0.25, -0.2) is 4.79 Å². The van der Waals surface area contributed by atoms with E-state index in [1.165, 1.54) is 27.9 Å². The Bertz CT molecular complexity index is 1790. The number of aliphatic hydroxyl groups excluding tert-OH is 11. The first-order valence-corrected chi connectivity index (χ1v) is 25.5. The molecule has 4 saturated heterocycles. The average molecular weight is 1090 g/mol. The van der Waals surface area contributed by atoms with Crippen molar-refractivity contribution >= 4 is 17.7 Å². The van der Waals surface area contributed by atoms with Crippen molar-refractivity contribution in [1.82, 2.24) is 4.90 Å². The van der Waals surface area contributed by atoms with Crippen LogP contribution in [-0.2, 0) is 52.3 Å². The Morgan fingerprint density at radius 3 is 1.92 bits per heavy atom. The predicted molar refractivity (Wildman–Crippen MR) is 258 cm³/mol. The maximum Gasteiger partial charge on any atom is 0.335 e. The lowest BCUT2D eigenvalue weighted by Gasteiger charge is -2.49. The van der Waals surface area contributed by atoms with Gasteiger partial charge in [0.25, 0.3) is 0 Å². The van der Waals surface area contributed by atoms with Crippen LogP contribution in [0.15, 0.2) is 0 Å². The maximum atomic E-state index is 14.1. The summed E-state index contributed by atoms with van der Waals surface area (Å²) in [5.74, 6) is -6.81. The van der Waals surface area contributed by atoms with Crippen molar-refractivity contribution in [3.8, 4) is 0 Å². The first-order valence-electron chi connectivity index (χ1n) is 25.5. The van der Waals surface area contributed by atoms with Crippen molar-refractivity contribution in [2.45, 2.75) is 234 Å². The number of hydrogen-bond acceptors (Lipinski definition) is 25. The van der Waals surface area contributed by atoms with E-state index in [2.05, 4.69) is 0 Å². The number of carboxylic acids is 1. The number of carboxylic acid groups (broad SMARTS) is 1. The molecule has 75 heavy (non-hydrogen) atoms. The Hall–Kier alpha value is -2.23. The summed E-state index contributed by atoms with van der Waals surface area (Å²) in [6.45, 7) is 14.6. The Labute approximate surface area is 438 Å². The topological polar surface area (TPSA) is 412 Å². The first-order chi connectivity index (χ1) is 34.6. The van der Waals surface area contributed by atoms with Crippen LogP contribution >= 0.6 is 0 Å². The zero-order valence-corrected chi connectivity index (χ0v) is 45.3. The van der Waals surface area contributed by atoms with Crippen LogP contribution in [0.4, 0.5) is 0 Å². The first kappa shape index (κ1) is 67.0. The zero-order chi connectivity index (χ0) is 57.6. The van der Waals surface area contributed by atoms with Gasteiger partial charge in [0.1, 0.15) is 72.4 Å². The van der Waals surface area contributed by atoms with E-state index in [1.54, 1.807) is 41.5 Å². The number of Topliss-reactive ketones (excluding diaryl/α,β-unsaturated/α-hetero) is 1. The van der Waals surface area contributed by atoms with Gasteiger partial charge in [0.05, 0.1) is 60.9 Å². The number of rotatable bonds is 15. The summed E-state index contributed by atoms with van der Waals surface area (Å²) in [4.78, 5) is 40.5. The molecule has 26 nitrogen and oxygen atoms in total. The van der Waals surface area contributed by atoms with E-state index in [9.17, 15) is 70.6 Å². The van der Waals surface area contributed by atoms with E-state index >= 15 is 0 Å². The van der Waals surface area contributed by atoms with Gasteiger partial charge >= 0.3 is 11.9 Å². The second-order valence-corrected chi connectivity index (χ2v) is 21.8. The molecular weight excluding hydrogens is 1000 g/mol. The van der Waals surface area contributed by atoms with Crippen molar-refractivity contribution < 1.29 is 124 Å².